The third-order valence-electron chi connectivity index (χ3n) is 6.97. The van der Waals surface area contributed by atoms with Crippen molar-refractivity contribution >= 4 is 11.9 Å². The number of esters is 2. The van der Waals surface area contributed by atoms with Crippen LogP contribution >= 0.6 is 0 Å². The zero-order valence-electron chi connectivity index (χ0n) is 18.9. The molecule has 162 valence electrons. The van der Waals surface area contributed by atoms with Crippen LogP contribution < -0.4 is 0 Å². The van der Waals surface area contributed by atoms with Gasteiger partial charge in [0.2, 0.25) is 0 Å². The minimum absolute atomic E-state index is 0.0463. The smallest absolute Gasteiger partial charge is 0.303 e. The largest absolute Gasteiger partial charge is 0.458 e. The van der Waals surface area contributed by atoms with Gasteiger partial charge in [0.05, 0.1) is 6.10 Å². The van der Waals surface area contributed by atoms with Crippen molar-refractivity contribution in [2.24, 2.45) is 23.7 Å². The molecular formula is C24H36O5. The normalized spacial score (nSPS) is 41.2. The monoisotopic (exact) mass is 404 g/mol. The number of fused-ring (bicyclic) bond motifs is 5. The van der Waals surface area contributed by atoms with Gasteiger partial charge in [-0.3, -0.25) is 9.59 Å². The molecule has 0 amide bonds. The van der Waals surface area contributed by atoms with Crippen molar-refractivity contribution in [3.63, 3.8) is 0 Å². The van der Waals surface area contributed by atoms with E-state index >= 15 is 0 Å². The standard InChI is InChI=1S/C24H36O5/c1-13(2)20-19(27-16(5)25)12-15(4)21-18-11-14(3)9-8-10-24(7,29-17(6)26)23(28-18)22(20)21/h9,12-13,18-23H,8,10-11H2,1-7H3/b14-9-/t18-,19-,20+,21-,22-,23-,24-/m1/s1. The molecule has 2 heterocycles. The second-order valence-electron chi connectivity index (χ2n) is 9.70. The lowest BCUT2D eigenvalue weighted by Gasteiger charge is -2.46. The highest BCUT2D eigenvalue weighted by Gasteiger charge is 2.59. The van der Waals surface area contributed by atoms with Crippen molar-refractivity contribution in [3.05, 3.63) is 23.3 Å². The summed E-state index contributed by atoms with van der Waals surface area (Å²) in [5.74, 6) is 0.220. The molecule has 0 unspecified atom stereocenters. The van der Waals surface area contributed by atoms with Gasteiger partial charge in [0.1, 0.15) is 17.8 Å². The maximum absolute atomic E-state index is 12.0. The van der Waals surface area contributed by atoms with Crippen LogP contribution in [0.4, 0.5) is 0 Å². The topological polar surface area (TPSA) is 61.8 Å². The van der Waals surface area contributed by atoms with E-state index in [1.807, 2.05) is 6.92 Å². The second-order valence-corrected chi connectivity index (χ2v) is 9.70. The summed E-state index contributed by atoms with van der Waals surface area (Å²) in [6, 6.07) is 0. The zero-order chi connectivity index (χ0) is 21.5. The van der Waals surface area contributed by atoms with E-state index in [-0.39, 0.29) is 48.0 Å². The van der Waals surface area contributed by atoms with Crippen LogP contribution in [0.3, 0.4) is 0 Å². The molecule has 1 saturated heterocycles. The Morgan fingerprint density at radius 2 is 1.90 bits per heavy atom. The SMILES string of the molecule is CC(=O)O[C@@H]1C=C(C)[C@H]2[C@@H]([C@H]1C(C)C)[C@H]1O[C@@H]2C/C(C)=C\CC[C@@]1(C)OC(C)=O. The number of carbonyl (C=O) groups is 2. The third kappa shape index (κ3) is 4.30. The van der Waals surface area contributed by atoms with Crippen LogP contribution in [0.2, 0.25) is 0 Å². The van der Waals surface area contributed by atoms with E-state index in [1.54, 1.807) is 0 Å². The maximum atomic E-state index is 12.0. The van der Waals surface area contributed by atoms with E-state index < -0.39 is 5.60 Å². The number of ether oxygens (including phenoxy) is 3. The van der Waals surface area contributed by atoms with Gasteiger partial charge in [-0.2, -0.15) is 0 Å². The molecule has 5 heteroatoms. The summed E-state index contributed by atoms with van der Waals surface area (Å²) in [7, 11) is 0. The first-order valence-electron chi connectivity index (χ1n) is 10.9. The van der Waals surface area contributed by atoms with Crippen molar-refractivity contribution in [2.45, 2.75) is 91.6 Å². The van der Waals surface area contributed by atoms with Crippen LogP contribution in [0.25, 0.3) is 0 Å². The molecule has 5 nitrogen and oxygen atoms in total. The van der Waals surface area contributed by atoms with Crippen LogP contribution in [0.15, 0.2) is 23.3 Å². The van der Waals surface area contributed by atoms with E-state index in [1.165, 1.54) is 25.0 Å². The van der Waals surface area contributed by atoms with Gasteiger partial charge in [0, 0.05) is 31.6 Å². The number of carbonyl (C=O) groups excluding carboxylic acids is 2. The highest BCUT2D eigenvalue weighted by molar-refractivity contribution is 5.67. The molecule has 7 atom stereocenters. The second kappa shape index (κ2) is 8.25. The van der Waals surface area contributed by atoms with Gasteiger partial charge in [-0.05, 0) is 52.0 Å². The number of hydrogen-bond donors (Lipinski definition) is 0. The average molecular weight is 405 g/mol. The molecule has 3 aliphatic rings. The van der Waals surface area contributed by atoms with Crippen LogP contribution in [-0.2, 0) is 23.8 Å². The minimum Gasteiger partial charge on any atom is -0.458 e. The molecule has 2 bridgehead atoms. The molecule has 1 aliphatic carbocycles. The molecule has 3 rings (SSSR count). The van der Waals surface area contributed by atoms with Crippen LogP contribution in [-0.4, -0.2) is 35.9 Å². The Morgan fingerprint density at radius 3 is 2.48 bits per heavy atom. The van der Waals surface area contributed by atoms with E-state index in [0.29, 0.717) is 5.92 Å². The molecule has 2 aliphatic heterocycles. The van der Waals surface area contributed by atoms with Gasteiger partial charge in [-0.1, -0.05) is 31.1 Å². The lowest BCUT2D eigenvalue weighted by Crippen LogP contribution is -2.52. The molecule has 0 spiro atoms. The highest BCUT2D eigenvalue weighted by Crippen LogP contribution is 2.54. The van der Waals surface area contributed by atoms with E-state index in [2.05, 4.69) is 39.8 Å². The zero-order valence-corrected chi connectivity index (χ0v) is 18.9. The van der Waals surface area contributed by atoms with Crippen molar-refractivity contribution in [1.82, 2.24) is 0 Å². The van der Waals surface area contributed by atoms with Gasteiger partial charge in [0.25, 0.3) is 0 Å². The van der Waals surface area contributed by atoms with Crippen LogP contribution in [0.1, 0.15) is 67.7 Å². The van der Waals surface area contributed by atoms with E-state index in [0.717, 1.165) is 19.3 Å². The van der Waals surface area contributed by atoms with Gasteiger partial charge in [-0.15, -0.1) is 0 Å². The lowest BCUT2D eigenvalue weighted by atomic mass is 9.62. The molecule has 1 fully saturated rings. The molecule has 0 aromatic rings. The van der Waals surface area contributed by atoms with Gasteiger partial charge >= 0.3 is 11.9 Å². The summed E-state index contributed by atoms with van der Waals surface area (Å²) in [4.78, 5) is 23.8. The average Bonchev–Trinajstić information content (AvgIpc) is 2.94. The number of hydrogen-bond acceptors (Lipinski definition) is 5. The Bertz CT molecular complexity index is 721. The van der Waals surface area contributed by atoms with Crippen LogP contribution in [0.5, 0.6) is 0 Å². The van der Waals surface area contributed by atoms with E-state index in [9.17, 15) is 9.59 Å². The fraction of sp³-hybridized carbons (Fsp3) is 0.750. The summed E-state index contributed by atoms with van der Waals surface area (Å²) in [6.45, 7) is 13.6. The number of allylic oxidation sites excluding steroid dienone is 1. The molecule has 29 heavy (non-hydrogen) atoms. The Morgan fingerprint density at radius 1 is 1.21 bits per heavy atom. The molecule has 0 aromatic carbocycles. The first kappa shape index (κ1) is 22.1. The first-order valence-corrected chi connectivity index (χ1v) is 10.9. The Kier molecular flexibility index (Phi) is 6.28. The van der Waals surface area contributed by atoms with Crippen molar-refractivity contribution in [3.8, 4) is 0 Å². The van der Waals surface area contributed by atoms with Crippen molar-refractivity contribution < 1.29 is 23.8 Å². The summed E-state index contributed by atoms with van der Waals surface area (Å²) < 4.78 is 18.4. The van der Waals surface area contributed by atoms with Crippen molar-refractivity contribution in [2.75, 3.05) is 0 Å². The Balaban J connectivity index is 2.12. The lowest BCUT2D eigenvalue weighted by molar-refractivity contribution is -0.180. The molecule has 0 aromatic heterocycles. The van der Waals surface area contributed by atoms with Crippen LogP contribution in [0, 0.1) is 23.7 Å². The van der Waals surface area contributed by atoms with E-state index in [4.69, 9.17) is 14.2 Å². The summed E-state index contributed by atoms with van der Waals surface area (Å²) >= 11 is 0. The minimum atomic E-state index is -0.712. The summed E-state index contributed by atoms with van der Waals surface area (Å²) in [5, 5.41) is 0. The highest BCUT2D eigenvalue weighted by atomic mass is 16.6. The fourth-order valence-electron chi connectivity index (χ4n) is 5.98. The summed E-state index contributed by atoms with van der Waals surface area (Å²) in [6.07, 6.45) is 6.37. The molecular weight excluding hydrogens is 368 g/mol. The molecule has 0 saturated carbocycles. The Labute approximate surface area is 174 Å². The third-order valence-corrected chi connectivity index (χ3v) is 6.97. The predicted molar refractivity (Wildman–Crippen MR) is 111 cm³/mol. The van der Waals surface area contributed by atoms with Gasteiger partial charge in [0.15, 0.2) is 0 Å². The maximum Gasteiger partial charge on any atom is 0.303 e. The predicted octanol–water partition coefficient (Wildman–Crippen LogP) is 4.60. The first-order chi connectivity index (χ1) is 13.5. The summed E-state index contributed by atoms with van der Waals surface area (Å²) in [5.41, 5.74) is 1.82. The quantitative estimate of drug-likeness (QED) is 0.508. The van der Waals surface area contributed by atoms with Crippen molar-refractivity contribution in [1.29, 1.82) is 0 Å². The molecule has 0 N–H and O–H groups in total. The number of rotatable bonds is 3. The molecule has 0 radical (unpaired) electrons. The fourth-order valence-corrected chi connectivity index (χ4v) is 5.98. The van der Waals surface area contributed by atoms with Gasteiger partial charge < -0.3 is 14.2 Å². The Hall–Kier alpha value is -1.62. The van der Waals surface area contributed by atoms with Gasteiger partial charge in [-0.25, -0.2) is 0 Å².